The fourth-order valence-corrected chi connectivity index (χ4v) is 3.52. The number of pyridine rings is 2. The van der Waals surface area contributed by atoms with E-state index >= 15 is 0 Å². The number of hydrogen-bond acceptors (Lipinski definition) is 2. The largest absolute Gasteiger partial charge is 2.00 e. The summed E-state index contributed by atoms with van der Waals surface area (Å²) in [6.07, 6.45) is 1.78. The summed E-state index contributed by atoms with van der Waals surface area (Å²) < 4.78 is 0. The Morgan fingerprint density at radius 3 is 1.84 bits per heavy atom. The molecule has 0 amide bonds. The predicted octanol–water partition coefficient (Wildman–Crippen LogP) is 6.56. The van der Waals surface area contributed by atoms with Gasteiger partial charge in [0, 0.05) is 6.20 Å². The van der Waals surface area contributed by atoms with Crippen LogP contribution in [-0.4, -0.2) is 9.97 Å². The predicted molar refractivity (Wildman–Crippen MR) is 127 cm³/mol. The van der Waals surface area contributed by atoms with E-state index in [0.29, 0.717) is 0 Å². The average Bonchev–Trinajstić information content (AvgIpc) is 3.24. The monoisotopic (exact) mass is 455 g/mol. The van der Waals surface area contributed by atoms with Crippen molar-refractivity contribution < 1.29 is 16.5 Å². The summed E-state index contributed by atoms with van der Waals surface area (Å²) in [5.74, 6) is 0. The second-order valence-corrected chi connectivity index (χ2v) is 7.05. The Balaban J connectivity index is 0.000000155. The Morgan fingerprint density at radius 1 is 0.562 bits per heavy atom. The van der Waals surface area contributed by atoms with Crippen molar-refractivity contribution in [2.45, 2.75) is 0 Å². The molecule has 6 aromatic rings. The molecule has 3 heterocycles. The van der Waals surface area contributed by atoms with Crippen molar-refractivity contribution >= 4 is 21.8 Å². The summed E-state index contributed by atoms with van der Waals surface area (Å²) in [4.78, 5) is 13.4. The van der Waals surface area contributed by atoms with Crippen molar-refractivity contribution in [3.05, 3.63) is 121 Å². The van der Waals surface area contributed by atoms with E-state index in [2.05, 4.69) is 57.4 Å². The molecule has 156 valence electrons. The van der Waals surface area contributed by atoms with Crippen molar-refractivity contribution in [2.24, 2.45) is 0 Å². The Hall–Kier alpha value is -3.75. The van der Waals surface area contributed by atoms with Crippen molar-refractivity contribution in [3.8, 4) is 22.6 Å². The zero-order valence-corrected chi connectivity index (χ0v) is 18.1. The summed E-state index contributed by atoms with van der Waals surface area (Å²) >= 11 is 0. The standard InChI is InChI=1S/C16H11N2.C12H8N.Ni/c1-2-7-13(8-3-1)14-10-6-11-16(18-14)15-9-4-5-12-17-15;1-3-7-11-9(5-1)10-6-2-4-8-12(10)13-11;/h1-7,9-12H;1-8H;/q2*-1;+2. The van der Waals surface area contributed by atoms with Crippen molar-refractivity contribution in [1.29, 1.82) is 0 Å². The zero-order valence-electron chi connectivity index (χ0n) is 17.1. The number of hydrogen-bond donors (Lipinski definition) is 0. The van der Waals surface area contributed by atoms with Crippen LogP contribution in [0.15, 0.2) is 115 Å². The molecule has 0 aliphatic carbocycles. The van der Waals surface area contributed by atoms with Gasteiger partial charge < -0.3 is 4.98 Å². The average molecular weight is 456 g/mol. The fraction of sp³-hybridized carbons (Fsp3) is 0. The molecule has 4 heteroatoms. The Kier molecular flexibility index (Phi) is 6.74. The number of benzene rings is 3. The van der Waals surface area contributed by atoms with Crippen LogP contribution >= 0.6 is 0 Å². The van der Waals surface area contributed by atoms with Crippen LogP contribution in [0.25, 0.3) is 44.5 Å². The molecule has 32 heavy (non-hydrogen) atoms. The Morgan fingerprint density at radius 2 is 1.19 bits per heavy atom. The van der Waals surface area contributed by atoms with Gasteiger partial charge in [0.2, 0.25) is 0 Å². The molecule has 0 radical (unpaired) electrons. The van der Waals surface area contributed by atoms with Gasteiger partial charge in [0.15, 0.2) is 0 Å². The topological polar surface area (TPSA) is 39.9 Å². The second-order valence-electron chi connectivity index (χ2n) is 7.05. The minimum absolute atomic E-state index is 0. The van der Waals surface area contributed by atoms with Crippen LogP contribution in [0.1, 0.15) is 0 Å². The molecule has 6 rings (SSSR count). The van der Waals surface area contributed by atoms with Crippen LogP contribution in [0.3, 0.4) is 0 Å². The van der Waals surface area contributed by atoms with Crippen molar-refractivity contribution in [1.82, 2.24) is 15.0 Å². The first-order valence-corrected chi connectivity index (χ1v) is 10.1. The number of aromatic nitrogens is 3. The molecule has 3 aromatic heterocycles. The van der Waals surface area contributed by atoms with Gasteiger partial charge in [0.05, 0.1) is 11.4 Å². The molecule has 0 aliphatic rings. The van der Waals surface area contributed by atoms with E-state index in [0.717, 1.165) is 33.7 Å². The van der Waals surface area contributed by atoms with Gasteiger partial charge in [0.1, 0.15) is 0 Å². The van der Waals surface area contributed by atoms with E-state index in [9.17, 15) is 0 Å². The van der Waals surface area contributed by atoms with Crippen LogP contribution in [0.4, 0.5) is 0 Å². The van der Waals surface area contributed by atoms with E-state index in [-0.39, 0.29) is 16.5 Å². The quantitative estimate of drug-likeness (QED) is 0.219. The number of fused-ring (bicyclic) bond motifs is 3. The van der Waals surface area contributed by atoms with E-state index in [4.69, 9.17) is 0 Å². The van der Waals surface area contributed by atoms with Crippen LogP contribution in [-0.2, 0) is 16.5 Å². The molecule has 0 spiro atoms. The number of nitrogens with zero attached hydrogens (tertiary/aromatic N) is 3. The van der Waals surface area contributed by atoms with Gasteiger partial charge in [-0.25, -0.2) is 0 Å². The van der Waals surface area contributed by atoms with Crippen molar-refractivity contribution in [2.75, 3.05) is 0 Å². The molecular weight excluding hydrogens is 437 g/mol. The normalized spacial score (nSPS) is 10.2. The SMILES string of the molecule is [Ni+2].[c-]1ccccc1-c1cccc(-c2ccccn2)n1.c1ccc2c(c1)[n-]c1ccccc12. The molecule has 0 fully saturated rings. The number of rotatable bonds is 2. The molecule has 0 atom stereocenters. The first-order chi connectivity index (χ1) is 15.4. The van der Waals surface area contributed by atoms with Gasteiger partial charge >= 0.3 is 16.5 Å². The Bertz CT molecular complexity index is 1320. The van der Waals surface area contributed by atoms with Gasteiger partial charge in [-0.2, -0.15) is 0 Å². The summed E-state index contributed by atoms with van der Waals surface area (Å²) in [7, 11) is 0. The fourth-order valence-electron chi connectivity index (χ4n) is 3.52. The third-order valence-electron chi connectivity index (χ3n) is 5.00. The van der Waals surface area contributed by atoms with Crippen LogP contribution < -0.4 is 4.98 Å². The van der Waals surface area contributed by atoms with Gasteiger partial charge in [0.25, 0.3) is 0 Å². The minimum atomic E-state index is 0. The summed E-state index contributed by atoms with van der Waals surface area (Å²) in [5, 5.41) is 2.50. The van der Waals surface area contributed by atoms with E-state index in [1.54, 1.807) is 6.20 Å². The molecule has 0 N–H and O–H groups in total. The molecule has 0 saturated heterocycles. The first-order valence-electron chi connectivity index (χ1n) is 10.1. The molecule has 3 aromatic carbocycles. The van der Waals surface area contributed by atoms with E-state index < -0.39 is 0 Å². The zero-order chi connectivity index (χ0) is 20.9. The van der Waals surface area contributed by atoms with E-state index in [1.165, 1.54) is 10.8 Å². The Labute approximate surface area is 197 Å². The van der Waals surface area contributed by atoms with Gasteiger partial charge in [-0.05, 0) is 34.7 Å². The molecule has 0 unspecified atom stereocenters. The molecular formula is C28H19N3Ni. The maximum atomic E-state index is 4.62. The maximum absolute atomic E-state index is 4.62. The minimum Gasteiger partial charge on any atom is -0.657 e. The molecule has 0 aliphatic heterocycles. The summed E-state index contributed by atoms with van der Waals surface area (Å²) in [6.45, 7) is 0. The molecule has 0 saturated carbocycles. The summed E-state index contributed by atoms with van der Waals surface area (Å²) in [5.41, 5.74) is 5.85. The van der Waals surface area contributed by atoms with Gasteiger partial charge in [-0.1, -0.05) is 66.7 Å². The molecule has 3 nitrogen and oxygen atoms in total. The van der Waals surface area contributed by atoms with E-state index in [1.807, 2.05) is 72.8 Å². The third-order valence-corrected chi connectivity index (χ3v) is 5.00. The van der Waals surface area contributed by atoms with Crippen LogP contribution in [0.5, 0.6) is 0 Å². The first kappa shape index (κ1) is 21.5. The maximum Gasteiger partial charge on any atom is 2.00 e. The number of para-hydroxylation sites is 2. The van der Waals surface area contributed by atoms with Gasteiger partial charge in [-0.3, -0.25) is 9.97 Å². The molecule has 0 bridgehead atoms. The van der Waals surface area contributed by atoms with Gasteiger partial charge in [-0.15, -0.1) is 46.9 Å². The van der Waals surface area contributed by atoms with Crippen LogP contribution in [0.2, 0.25) is 0 Å². The summed E-state index contributed by atoms with van der Waals surface area (Å²) in [6, 6.07) is 39.3. The smallest absolute Gasteiger partial charge is 0.657 e. The van der Waals surface area contributed by atoms with Crippen LogP contribution in [0, 0.1) is 6.07 Å². The van der Waals surface area contributed by atoms with Crippen molar-refractivity contribution in [3.63, 3.8) is 0 Å². The second kappa shape index (κ2) is 10.0. The third kappa shape index (κ3) is 4.61.